The number of carbonyl (C=O) groups excluding carboxylic acids is 1. The smallest absolute Gasteiger partial charge is 0.317 e. The summed E-state index contributed by atoms with van der Waals surface area (Å²) in [4.78, 5) is 24.0. The molecule has 0 aromatic heterocycles. The minimum atomic E-state index is -0.906. The van der Waals surface area contributed by atoms with E-state index in [1.54, 1.807) is 11.8 Å². The second kappa shape index (κ2) is 7.22. The number of carboxylic acid groups (broad SMARTS) is 1. The zero-order chi connectivity index (χ0) is 12.7. The highest BCUT2D eigenvalue weighted by Crippen LogP contribution is 2.04. The van der Waals surface area contributed by atoms with Crippen molar-refractivity contribution in [2.24, 2.45) is 5.92 Å². The first-order valence-electron chi connectivity index (χ1n) is 5.62. The SMILES string of the molecule is CCNC(=O)C(C)N(CC(=O)O)CC(C)C. The van der Waals surface area contributed by atoms with E-state index >= 15 is 0 Å². The van der Waals surface area contributed by atoms with E-state index in [0.717, 1.165) is 0 Å². The highest BCUT2D eigenvalue weighted by molar-refractivity contribution is 5.82. The molecule has 0 rings (SSSR count). The maximum atomic E-state index is 11.6. The minimum absolute atomic E-state index is 0.101. The van der Waals surface area contributed by atoms with Gasteiger partial charge in [0.15, 0.2) is 0 Å². The van der Waals surface area contributed by atoms with Gasteiger partial charge in [0.05, 0.1) is 12.6 Å². The Kier molecular flexibility index (Phi) is 6.72. The molecular weight excluding hydrogens is 208 g/mol. The van der Waals surface area contributed by atoms with E-state index in [2.05, 4.69) is 5.32 Å². The van der Waals surface area contributed by atoms with Crippen molar-refractivity contribution >= 4 is 11.9 Å². The van der Waals surface area contributed by atoms with Crippen molar-refractivity contribution in [3.8, 4) is 0 Å². The molecule has 0 fully saturated rings. The molecule has 16 heavy (non-hydrogen) atoms. The summed E-state index contributed by atoms with van der Waals surface area (Å²) in [6.45, 7) is 8.64. The second-order valence-electron chi connectivity index (χ2n) is 4.29. The van der Waals surface area contributed by atoms with E-state index in [9.17, 15) is 9.59 Å². The number of nitrogens with one attached hydrogen (secondary N) is 1. The van der Waals surface area contributed by atoms with Gasteiger partial charge in [-0.15, -0.1) is 0 Å². The third-order valence-corrected chi connectivity index (χ3v) is 2.22. The van der Waals surface area contributed by atoms with Crippen LogP contribution in [0.15, 0.2) is 0 Å². The molecule has 1 atom stereocenters. The molecule has 0 aliphatic carbocycles. The number of likely N-dealkylation sites (N-methyl/N-ethyl adjacent to an activating group) is 1. The molecule has 0 radical (unpaired) electrons. The van der Waals surface area contributed by atoms with Crippen molar-refractivity contribution < 1.29 is 14.7 Å². The van der Waals surface area contributed by atoms with E-state index in [1.807, 2.05) is 20.8 Å². The lowest BCUT2D eigenvalue weighted by Crippen LogP contribution is -2.48. The van der Waals surface area contributed by atoms with Crippen molar-refractivity contribution in [3.05, 3.63) is 0 Å². The van der Waals surface area contributed by atoms with Crippen LogP contribution in [0.3, 0.4) is 0 Å². The molecule has 5 nitrogen and oxygen atoms in total. The Balaban J connectivity index is 4.47. The van der Waals surface area contributed by atoms with Gasteiger partial charge in [0, 0.05) is 13.1 Å². The summed E-state index contributed by atoms with van der Waals surface area (Å²) in [7, 11) is 0. The van der Waals surface area contributed by atoms with Crippen LogP contribution in [0.25, 0.3) is 0 Å². The number of rotatable bonds is 7. The molecule has 0 spiro atoms. The third kappa shape index (κ3) is 5.70. The van der Waals surface area contributed by atoms with Crippen LogP contribution >= 0.6 is 0 Å². The maximum absolute atomic E-state index is 11.6. The fourth-order valence-corrected chi connectivity index (χ4v) is 1.49. The van der Waals surface area contributed by atoms with Crippen molar-refractivity contribution in [2.45, 2.75) is 33.7 Å². The van der Waals surface area contributed by atoms with Crippen molar-refractivity contribution in [1.82, 2.24) is 10.2 Å². The number of aliphatic carboxylic acids is 1. The molecule has 94 valence electrons. The molecule has 0 heterocycles. The van der Waals surface area contributed by atoms with Crippen LogP contribution in [-0.4, -0.2) is 47.6 Å². The molecule has 2 N–H and O–H groups in total. The van der Waals surface area contributed by atoms with Gasteiger partial charge in [-0.3, -0.25) is 14.5 Å². The summed E-state index contributed by atoms with van der Waals surface area (Å²) < 4.78 is 0. The Morgan fingerprint density at radius 3 is 2.25 bits per heavy atom. The lowest BCUT2D eigenvalue weighted by molar-refractivity contribution is -0.140. The van der Waals surface area contributed by atoms with E-state index in [1.165, 1.54) is 0 Å². The van der Waals surface area contributed by atoms with Crippen LogP contribution in [0.4, 0.5) is 0 Å². The first kappa shape index (κ1) is 14.9. The zero-order valence-corrected chi connectivity index (χ0v) is 10.5. The van der Waals surface area contributed by atoms with Crippen LogP contribution in [-0.2, 0) is 9.59 Å². The van der Waals surface area contributed by atoms with Crippen molar-refractivity contribution in [3.63, 3.8) is 0 Å². The number of hydrogen-bond acceptors (Lipinski definition) is 3. The van der Waals surface area contributed by atoms with Gasteiger partial charge in [-0.2, -0.15) is 0 Å². The van der Waals surface area contributed by atoms with E-state index in [0.29, 0.717) is 19.0 Å². The number of hydrogen-bond donors (Lipinski definition) is 2. The molecule has 0 aliphatic heterocycles. The molecule has 0 saturated heterocycles. The van der Waals surface area contributed by atoms with Crippen LogP contribution in [0.2, 0.25) is 0 Å². The number of amides is 1. The van der Waals surface area contributed by atoms with Gasteiger partial charge in [-0.1, -0.05) is 13.8 Å². The molecule has 1 amide bonds. The van der Waals surface area contributed by atoms with Crippen molar-refractivity contribution in [1.29, 1.82) is 0 Å². The predicted octanol–water partition coefficient (Wildman–Crippen LogP) is 0.554. The first-order chi connectivity index (χ1) is 7.38. The molecule has 1 unspecified atom stereocenters. The summed E-state index contributed by atoms with van der Waals surface area (Å²) in [6.07, 6.45) is 0. The van der Waals surface area contributed by atoms with E-state index < -0.39 is 12.0 Å². The average Bonchev–Trinajstić information content (AvgIpc) is 2.14. The van der Waals surface area contributed by atoms with Crippen LogP contribution < -0.4 is 5.32 Å². The fraction of sp³-hybridized carbons (Fsp3) is 0.818. The van der Waals surface area contributed by atoms with Gasteiger partial charge in [-0.25, -0.2) is 0 Å². The van der Waals surface area contributed by atoms with Gasteiger partial charge in [0.25, 0.3) is 0 Å². The Morgan fingerprint density at radius 2 is 1.88 bits per heavy atom. The quantitative estimate of drug-likeness (QED) is 0.670. The Hall–Kier alpha value is -1.10. The van der Waals surface area contributed by atoms with Gasteiger partial charge in [0.2, 0.25) is 5.91 Å². The third-order valence-electron chi connectivity index (χ3n) is 2.22. The lowest BCUT2D eigenvalue weighted by atomic mass is 10.1. The topological polar surface area (TPSA) is 69.6 Å². The highest BCUT2D eigenvalue weighted by atomic mass is 16.4. The summed E-state index contributed by atoms with van der Waals surface area (Å²) in [5.41, 5.74) is 0. The maximum Gasteiger partial charge on any atom is 0.317 e. The van der Waals surface area contributed by atoms with E-state index in [-0.39, 0.29) is 12.5 Å². The minimum Gasteiger partial charge on any atom is -0.480 e. The fourth-order valence-electron chi connectivity index (χ4n) is 1.49. The average molecular weight is 230 g/mol. The first-order valence-corrected chi connectivity index (χ1v) is 5.62. The molecule has 0 aromatic carbocycles. The molecule has 0 aromatic rings. The molecule has 0 aliphatic rings. The Labute approximate surface area is 96.8 Å². The number of nitrogens with zero attached hydrogens (tertiary/aromatic N) is 1. The summed E-state index contributed by atoms with van der Waals surface area (Å²) >= 11 is 0. The monoisotopic (exact) mass is 230 g/mol. The Morgan fingerprint density at radius 1 is 1.31 bits per heavy atom. The predicted molar refractivity (Wildman–Crippen MR) is 62.2 cm³/mol. The molecular formula is C11H22N2O3. The van der Waals surface area contributed by atoms with Gasteiger partial charge in [0.1, 0.15) is 0 Å². The normalized spacial score (nSPS) is 12.9. The Bertz CT molecular complexity index is 241. The zero-order valence-electron chi connectivity index (χ0n) is 10.5. The van der Waals surface area contributed by atoms with Gasteiger partial charge >= 0.3 is 5.97 Å². The summed E-state index contributed by atoms with van der Waals surface area (Å²) in [5, 5.41) is 11.5. The lowest BCUT2D eigenvalue weighted by Gasteiger charge is -2.27. The van der Waals surface area contributed by atoms with Crippen LogP contribution in [0.5, 0.6) is 0 Å². The van der Waals surface area contributed by atoms with Crippen LogP contribution in [0.1, 0.15) is 27.7 Å². The van der Waals surface area contributed by atoms with Gasteiger partial charge < -0.3 is 10.4 Å². The van der Waals surface area contributed by atoms with Gasteiger partial charge in [-0.05, 0) is 19.8 Å². The number of carbonyl (C=O) groups is 2. The molecule has 5 heteroatoms. The van der Waals surface area contributed by atoms with E-state index in [4.69, 9.17) is 5.11 Å². The summed E-state index contributed by atoms with van der Waals surface area (Å²) in [6, 6.07) is -0.404. The highest BCUT2D eigenvalue weighted by Gasteiger charge is 2.23. The van der Waals surface area contributed by atoms with Crippen molar-refractivity contribution in [2.75, 3.05) is 19.6 Å². The number of carboxylic acids is 1. The standard InChI is InChI=1S/C11H22N2O3/c1-5-12-11(16)9(4)13(6-8(2)3)7-10(14)15/h8-9H,5-7H2,1-4H3,(H,12,16)(H,14,15). The summed E-state index contributed by atoms with van der Waals surface area (Å²) in [5.74, 6) is -0.697. The second-order valence-corrected chi connectivity index (χ2v) is 4.29. The largest absolute Gasteiger partial charge is 0.480 e. The molecule has 0 saturated carbocycles. The molecule has 0 bridgehead atoms. The van der Waals surface area contributed by atoms with Crippen LogP contribution in [0, 0.1) is 5.92 Å².